The fourth-order valence-corrected chi connectivity index (χ4v) is 0.929. The molecule has 1 saturated heterocycles. The lowest BCUT2D eigenvalue weighted by Crippen LogP contribution is -2.26. The number of nitrogens with zero attached hydrogens (tertiary/aromatic N) is 1. The molecule has 4 heteroatoms. The number of carbonyl (C=O) groups excluding carboxylic acids is 1. The molecule has 1 heterocycles. The molecule has 0 spiro atoms. The van der Waals surface area contributed by atoms with Gasteiger partial charge >= 0.3 is 0 Å². The number of amides is 1. The predicted octanol–water partition coefficient (Wildman–Crippen LogP) is -0.469. The molecule has 1 aliphatic heterocycles. The summed E-state index contributed by atoms with van der Waals surface area (Å²) in [6, 6.07) is 0. The van der Waals surface area contributed by atoms with E-state index in [0.29, 0.717) is 6.42 Å². The lowest BCUT2D eigenvalue weighted by Gasteiger charge is -2.12. The van der Waals surface area contributed by atoms with Gasteiger partial charge in [-0.05, 0) is 6.92 Å². The molecule has 1 N–H and O–H groups in total. The Morgan fingerprint density at radius 2 is 2.60 bits per heavy atom. The van der Waals surface area contributed by atoms with Gasteiger partial charge in [-0.3, -0.25) is 9.63 Å². The van der Waals surface area contributed by atoms with Crippen LogP contribution in [0.1, 0.15) is 13.3 Å². The predicted molar refractivity (Wildman–Crippen MR) is 34.0 cm³/mol. The van der Waals surface area contributed by atoms with E-state index >= 15 is 0 Å². The van der Waals surface area contributed by atoms with Crippen LogP contribution < -0.4 is 0 Å². The summed E-state index contributed by atoms with van der Waals surface area (Å²) in [5.41, 5.74) is 0. The van der Waals surface area contributed by atoms with Gasteiger partial charge in [0.25, 0.3) is 0 Å². The SMILES string of the molecule is CC1CC(=O)N(CCO)O1. The van der Waals surface area contributed by atoms with Crippen molar-refractivity contribution >= 4 is 5.91 Å². The minimum Gasteiger partial charge on any atom is -0.394 e. The van der Waals surface area contributed by atoms with Crippen LogP contribution in [0.15, 0.2) is 0 Å². The number of β-amino-alcohol motifs (C(OH)–C–C–N with tert-alkyl or cyclic N) is 1. The van der Waals surface area contributed by atoms with Gasteiger partial charge in [-0.2, -0.15) is 0 Å². The van der Waals surface area contributed by atoms with Gasteiger partial charge in [0.15, 0.2) is 0 Å². The van der Waals surface area contributed by atoms with Gasteiger partial charge in [0.05, 0.1) is 25.7 Å². The molecular weight excluding hydrogens is 134 g/mol. The Balaban J connectivity index is 2.39. The molecular formula is C6H11NO3. The number of aliphatic hydroxyl groups is 1. The molecule has 0 aliphatic carbocycles. The Morgan fingerprint density at radius 3 is 3.00 bits per heavy atom. The standard InChI is InChI=1S/C6H11NO3/c1-5-4-6(9)7(10-5)2-3-8/h5,8H,2-4H2,1H3. The van der Waals surface area contributed by atoms with Crippen molar-refractivity contribution in [1.29, 1.82) is 0 Å². The molecule has 1 aliphatic rings. The molecule has 1 atom stereocenters. The van der Waals surface area contributed by atoms with Crippen molar-refractivity contribution in [3.63, 3.8) is 0 Å². The van der Waals surface area contributed by atoms with Crippen molar-refractivity contribution in [2.75, 3.05) is 13.2 Å². The number of hydrogen-bond donors (Lipinski definition) is 1. The summed E-state index contributed by atoms with van der Waals surface area (Å²) in [6.07, 6.45) is 0.402. The molecule has 10 heavy (non-hydrogen) atoms. The van der Waals surface area contributed by atoms with Crippen LogP contribution in [0, 0.1) is 0 Å². The summed E-state index contributed by atoms with van der Waals surface area (Å²) in [4.78, 5) is 15.9. The van der Waals surface area contributed by atoms with Crippen molar-refractivity contribution in [2.45, 2.75) is 19.4 Å². The molecule has 0 aromatic heterocycles. The molecule has 0 bridgehead atoms. The first-order valence-electron chi connectivity index (χ1n) is 3.32. The summed E-state index contributed by atoms with van der Waals surface area (Å²) in [5.74, 6) is -0.0402. The first kappa shape index (κ1) is 7.50. The summed E-state index contributed by atoms with van der Waals surface area (Å²) in [7, 11) is 0. The van der Waals surface area contributed by atoms with E-state index in [4.69, 9.17) is 9.94 Å². The van der Waals surface area contributed by atoms with Crippen LogP contribution in [0.5, 0.6) is 0 Å². The van der Waals surface area contributed by atoms with Gasteiger partial charge in [-0.15, -0.1) is 0 Å². The van der Waals surface area contributed by atoms with Crippen molar-refractivity contribution in [3.05, 3.63) is 0 Å². The van der Waals surface area contributed by atoms with E-state index in [2.05, 4.69) is 0 Å². The van der Waals surface area contributed by atoms with Crippen molar-refractivity contribution in [1.82, 2.24) is 5.06 Å². The second-order valence-corrected chi connectivity index (χ2v) is 2.34. The maximum Gasteiger partial charge on any atom is 0.248 e. The van der Waals surface area contributed by atoms with Gasteiger partial charge in [0.2, 0.25) is 5.91 Å². The van der Waals surface area contributed by atoms with Crippen LogP contribution >= 0.6 is 0 Å². The summed E-state index contributed by atoms with van der Waals surface area (Å²) >= 11 is 0. The molecule has 1 rings (SSSR count). The zero-order chi connectivity index (χ0) is 7.56. The molecule has 4 nitrogen and oxygen atoms in total. The minimum absolute atomic E-state index is 0.0287. The Labute approximate surface area is 59.3 Å². The Morgan fingerprint density at radius 1 is 1.90 bits per heavy atom. The molecule has 58 valence electrons. The average Bonchev–Trinajstić information content (AvgIpc) is 2.13. The third-order valence-electron chi connectivity index (χ3n) is 1.35. The third-order valence-corrected chi connectivity index (χ3v) is 1.35. The van der Waals surface area contributed by atoms with Gasteiger partial charge in [-0.1, -0.05) is 0 Å². The van der Waals surface area contributed by atoms with E-state index in [-0.39, 0.29) is 25.2 Å². The lowest BCUT2D eigenvalue weighted by atomic mass is 10.3. The number of aliphatic hydroxyl groups excluding tert-OH is 1. The van der Waals surface area contributed by atoms with Gasteiger partial charge in [0.1, 0.15) is 0 Å². The monoisotopic (exact) mass is 145 g/mol. The van der Waals surface area contributed by atoms with Crippen LogP contribution in [-0.2, 0) is 9.63 Å². The van der Waals surface area contributed by atoms with E-state index < -0.39 is 0 Å². The largest absolute Gasteiger partial charge is 0.394 e. The maximum absolute atomic E-state index is 10.9. The highest BCUT2D eigenvalue weighted by molar-refractivity contribution is 5.76. The van der Waals surface area contributed by atoms with Crippen LogP contribution in [0.2, 0.25) is 0 Å². The fraction of sp³-hybridized carbons (Fsp3) is 0.833. The third kappa shape index (κ3) is 1.46. The van der Waals surface area contributed by atoms with Crippen LogP contribution in [0.4, 0.5) is 0 Å². The average molecular weight is 145 g/mol. The van der Waals surface area contributed by atoms with Gasteiger partial charge in [-0.25, -0.2) is 5.06 Å². The number of hydroxylamine groups is 2. The number of rotatable bonds is 2. The van der Waals surface area contributed by atoms with E-state index in [1.54, 1.807) is 0 Å². The fourth-order valence-electron chi connectivity index (χ4n) is 0.929. The van der Waals surface area contributed by atoms with E-state index in [1.165, 1.54) is 5.06 Å². The topological polar surface area (TPSA) is 49.8 Å². The molecule has 1 amide bonds. The summed E-state index contributed by atoms with van der Waals surface area (Å²) < 4.78 is 0. The van der Waals surface area contributed by atoms with Gasteiger partial charge in [0, 0.05) is 0 Å². The summed E-state index contributed by atoms with van der Waals surface area (Å²) in [6.45, 7) is 2.07. The molecule has 1 fully saturated rings. The molecule has 0 saturated carbocycles. The molecule has 1 unspecified atom stereocenters. The second-order valence-electron chi connectivity index (χ2n) is 2.34. The highest BCUT2D eigenvalue weighted by atomic mass is 16.7. The van der Waals surface area contributed by atoms with E-state index in [9.17, 15) is 4.79 Å². The highest BCUT2D eigenvalue weighted by Gasteiger charge is 2.26. The second kappa shape index (κ2) is 2.98. The zero-order valence-electron chi connectivity index (χ0n) is 5.91. The van der Waals surface area contributed by atoms with E-state index in [0.717, 1.165) is 0 Å². The van der Waals surface area contributed by atoms with Crippen molar-refractivity contribution in [2.24, 2.45) is 0 Å². The maximum atomic E-state index is 10.9. The highest BCUT2D eigenvalue weighted by Crippen LogP contribution is 2.12. The molecule has 0 radical (unpaired) electrons. The minimum atomic E-state index is -0.0432. The first-order valence-corrected chi connectivity index (χ1v) is 3.32. The number of carbonyl (C=O) groups is 1. The Bertz CT molecular complexity index is 137. The lowest BCUT2D eigenvalue weighted by molar-refractivity contribution is -0.173. The summed E-state index contributed by atoms with van der Waals surface area (Å²) in [5, 5.41) is 9.67. The zero-order valence-corrected chi connectivity index (χ0v) is 5.91. The number of hydrogen-bond acceptors (Lipinski definition) is 3. The first-order chi connectivity index (χ1) is 4.74. The quantitative estimate of drug-likeness (QED) is 0.571. The van der Waals surface area contributed by atoms with E-state index in [1.807, 2.05) is 6.92 Å². The Hall–Kier alpha value is -0.610. The van der Waals surface area contributed by atoms with Crippen LogP contribution in [0.3, 0.4) is 0 Å². The molecule has 0 aromatic carbocycles. The smallest absolute Gasteiger partial charge is 0.248 e. The Kier molecular flexibility index (Phi) is 2.24. The van der Waals surface area contributed by atoms with Gasteiger partial charge < -0.3 is 5.11 Å². The molecule has 0 aromatic rings. The van der Waals surface area contributed by atoms with Crippen LogP contribution in [0.25, 0.3) is 0 Å². The van der Waals surface area contributed by atoms with Crippen molar-refractivity contribution in [3.8, 4) is 0 Å². The normalized spacial score (nSPS) is 26.0. The van der Waals surface area contributed by atoms with Crippen molar-refractivity contribution < 1.29 is 14.7 Å². The van der Waals surface area contributed by atoms with Crippen LogP contribution in [-0.4, -0.2) is 35.3 Å².